The Morgan fingerprint density at radius 1 is 1.15 bits per heavy atom. The van der Waals surface area contributed by atoms with Crippen molar-refractivity contribution in [3.8, 4) is 0 Å². The van der Waals surface area contributed by atoms with Crippen LogP contribution in [0.3, 0.4) is 0 Å². The van der Waals surface area contributed by atoms with Gasteiger partial charge in [-0.25, -0.2) is 4.67 Å². The summed E-state index contributed by atoms with van der Waals surface area (Å²) in [7, 11) is -3.37. The lowest BCUT2D eigenvalue weighted by Gasteiger charge is -2.38. The number of halogens is 4. The highest BCUT2D eigenvalue weighted by molar-refractivity contribution is 7.71. The van der Waals surface area contributed by atoms with E-state index < -0.39 is 15.9 Å². The fourth-order valence-electron chi connectivity index (χ4n) is 2.07. The molecule has 114 valence electrons. The second kappa shape index (κ2) is 7.72. The van der Waals surface area contributed by atoms with E-state index in [-0.39, 0.29) is 6.42 Å². The summed E-state index contributed by atoms with van der Waals surface area (Å²) in [5.74, 6) is 0. The van der Waals surface area contributed by atoms with Crippen LogP contribution in [0.1, 0.15) is 19.4 Å². The summed E-state index contributed by atoms with van der Waals surface area (Å²) in [6, 6.07) is 9.40. The van der Waals surface area contributed by atoms with Gasteiger partial charge in [0.1, 0.15) is 0 Å². The molecule has 1 unspecified atom stereocenters. The van der Waals surface area contributed by atoms with Crippen LogP contribution >= 0.6 is 53.7 Å². The molecule has 0 aliphatic rings. The SMILES string of the molecule is CCN(CC)P(=O)(C(Cl)Cl)C(Cl)(Cl)Cc1ccccc1. The third-order valence-electron chi connectivity index (χ3n) is 3.14. The van der Waals surface area contributed by atoms with Crippen molar-refractivity contribution in [3.63, 3.8) is 0 Å². The molecule has 1 aromatic carbocycles. The van der Waals surface area contributed by atoms with E-state index in [0.29, 0.717) is 13.1 Å². The lowest BCUT2D eigenvalue weighted by molar-refractivity contribution is 0.437. The highest BCUT2D eigenvalue weighted by atomic mass is 35.5. The molecule has 0 spiro atoms. The first-order valence-corrected chi connectivity index (χ1v) is 9.70. The van der Waals surface area contributed by atoms with Crippen LogP contribution in [-0.2, 0) is 11.0 Å². The van der Waals surface area contributed by atoms with Gasteiger partial charge >= 0.3 is 0 Å². The molecule has 0 saturated carbocycles. The monoisotopic (exact) mass is 375 g/mol. The molecule has 1 atom stereocenters. The molecule has 0 aliphatic carbocycles. The Hall–Kier alpha value is 0.570. The van der Waals surface area contributed by atoms with Crippen LogP contribution in [0.15, 0.2) is 30.3 Å². The maximum Gasteiger partial charge on any atom is 0.216 e. The number of hydrogen-bond acceptors (Lipinski definition) is 1. The number of alkyl halides is 4. The third kappa shape index (κ3) is 3.85. The van der Waals surface area contributed by atoms with E-state index in [1.807, 2.05) is 44.2 Å². The molecular formula is C13H18Cl4NOP. The van der Waals surface area contributed by atoms with Crippen molar-refractivity contribution in [1.82, 2.24) is 4.67 Å². The summed E-state index contributed by atoms with van der Waals surface area (Å²) in [4.78, 5) is 0. The summed E-state index contributed by atoms with van der Waals surface area (Å²) in [5.41, 5.74) is 0.888. The second-order valence-corrected chi connectivity index (χ2v) is 11.2. The Morgan fingerprint density at radius 3 is 2.05 bits per heavy atom. The maximum absolute atomic E-state index is 13.3. The molecule has 20 heavy (non-hydrogen) atoms. The Morgan fingerprint density at radius 2 is 1.65 bits per heavy atom. The quantitative estimate of drug-likeness (QED) is 0.446. The van der Waals surface area contributed by atoms with Crippen molar-refractivity contribution in [3.05, 3.63) is 35.9 Å². The van der Waals surface area contributed by atoms with Gasteiger partial charge in [-0.05, 0) is 5.56 Å². The van der Waals surface area contributed by atoms with Crippen molar-refractivity contribution < 1.29 is 4.57 Å². The molecule has 0 aromatic heterocycles. The summed E-state index contributed by atoms with van der Waals surface area (Å²) in [6.07, 6.45) is 0.223. The predicted molar refractivity (Wildman–Crippen MR) is 90.6 cm³/mol. The zero-order chi connectivity index (χ0) is 15.4. The van der Waals surface area contributed by atoms with Crippen molar-refractivity contribution >= 4 is 53.7 Å². The van der Waals surface area contributed by atoms with Crippen LogP contribution in [-0.4, -0.2) is 26.4 Å². The molecule has 1 rings (SSSR count). The van der Waals surface area contributed by atoms with Crippen molar-refractivity contribution in [2.24, 2.45) is 0 Å². The molecule has 0 fully saturated rings. The Balaban J connectivity index is 3.15. The van der Waals surface area contributed by atoms with Gasteiger partial charge in [0, 0.05) is 19.5 Å². The Labute approximate surface area is 140 Å². The molecular weight excluding hydrogens is 359 g/mol. The molecule has 0 bridgehead atoms. The van der Waals surface area contributed by atoms with Gasteiger partial charge in [0.2, 0.25) is 7.29 Å². The summed E-state index contributed by atoms with van der Waals surface area (Å²) in [5, 5.41) is 0. The van der Waals surface area contributed by atoms with E-state index in [9.17, 15) is 4.57 Å². The number of rotatable bonds is 7. The fraction of sp³-hybridized carbons (Fsp3) is 0.538. The van der Waals surface area contributed by atoms with E-state index in [0.717, 1.165) is 5.56 Å². The Kier molecular flexibility index (Phi) is 7.19. The first kappa shape index (κ1) is 18.6. The highest BCUT2D eigenvalue weighted by Gasteiger charge is 2.53. The normalized spacial score (nSPS) is 15.6. The lowest BCUT2D eigenvalue weighted by Crippen LogP contribution is -2.33. The van der Waals surface area contributed by atoms with E-state index in [4.69, 9.17) is 46.4 Å². The first-order chi connectivity index (χ1) is 9.29. The van der Waals surface area contributed by atoms with Gasteiger partial charge in [0.25, 0.3) is 0 Å². The molecule has 0 heterocycles. The van der Waals surface area contributed by atoms with E-state index in [2.05, 4.69) is 0 Å². The van der Waals surface area contributed by atoms with E-state index in [1.54, 1.807) is 4.67 Å². The minimum absolute atomic E-state index is 0.223. The van der Waals surface area contributed by atoms with Crippen molar-refractivity contribution in [2.75, 3.05) is 13.1 Å². The van der Waals surface area contributed by atoms with Crippen LogP contribution in [0.25, 0.3) is 0 Å². The van der Waals surface area contributed by atoms with Gasteiger partial charge in [-0.15, -0.1) is 0 Å². The predicted octanol–water partition coefficient (Wildman–Crippen LogP) is 5.74. The number of hydrogen-bond donors (Lipinski definition) is 0. The summed E-state index contributed by atoms with van der Waals surface area (Å²) >= 11 is 24.8. The minimum Gasteiger partial charge on any atom is -0.300 e. The standard InChI is InChI=1S/C13H18Cl4NOP/c1-3-18(4-2)20(19,12(14)15)13(16,17)10-11-8-6-5-7-9-11/h5-9,12H,3-4,10H2,1-2H3. The third-order valence-corrected chi connectivity index (χ3v) is 9.48. The zero-order valence-corrected chi connectivity index (χ0v) is 15.3. The number of benzene rings is 1. The van der Waals surface area contributed by atoms with Gasteiger partial charge in [-0.1, -0.05) is 90.6 Å². The summed E-state index contributed by atoms with van der Waals surface area (Å²) in [6.45, 7) is 4.77. The van der Waals surface area contributed by atoms with Gasteiger partial charge in [-0.2, -0.15) is 0 Å². The number of nitrogens with zero attached hydrogens (tertiary/aromatic N) is 1. The first-order valence-electron chi connectivity index (χ1n) is 6.34. The fourth-order valence-corrected chi connectivity index (χ4v) is 8.14. The van der Waals surface area contributed by atoms with Crippen LogP contribution in [0.2, 0.25) is 0 Å². The molecule has 1 aromatic rings. The molecule has 7 heteroatoms. The maximum atomic E-state index is 13.3. The topological polar surface area (TPSA) is 20.3 Å². The van der Waals surface area contributed by atoms with Gasteiger partial charge in [0.15, 0.2) is 8.65 Å². The van der Waals surface area contributed by atoms with Crippen molar-refractivity contribution in [1.29, 1.82) is 0 Å². The lowest BCUT2D eigenvalue weighted by atomic mass is 10.2. The molecule has 0 amide bonds. The van der Waals surface area contributed by atoms with E-state index >= 15 is 0 Å². The smallest absolute Gasteiger partial charge is 0.216 e. The van der Waals surface area contributed by atoms with Crippen LogP contribution in [0.5, 0.6) is 0 Å². The van der Waals surface area contributed by atoms with Crippen LogP contribution in [0.4, 0.5) is 0 Å². The summed E-state index contributed by atoms with van der Waals surface area (Å²) < 4.78 is 12.3. The Bertz CT molecular complexity index is 463. The molecule has 0 aliphatic heterocycles. The highest BCUT2D eigenvalue weighted by Crippen LogP contribution is 2.71. The molecule has 2 nitrogen and oxygen atoms in total. The van der Waals surface area contributed by atoms with Crippen LogP contribution in [0, 0.1) is 0 Å². The zero-order valence-electron chi connectivity index (χ0n) is 11.4. The van der Waals surface area contributed by atoms with Gasteiger partial charge in [-0.3, -0.25) is 0 Å². The average molecular weight is 377 g/mol. The molecule has 0 saturated heterocycles. The molecule has 0 N–H and O–H groups in total. The van der Waals surface area contributed by atoms with Gasteiger partial charge in [0.05, 0.1) is 0 Å². The minimum atomic E-state index is -3.37. The second-order valence-electron chi connectivity index (χ2n) is 4.37. The average Bonchev–Trinajstić information content (AvgIpc) is 2.40. The van der Waals surface area contributed by atoms with Gasteiger partial charge < -0.3 is 4.57 Å². The van der Waals surface area contributed by atoms with Crippen molar-refractivity contribution in [2.45, 2.75) is 28.9 Å². The van der Waals surface area contributed by atoms with Crippen LogP contribution < -0.4 is 0 Å². The van der Waals surface area contributed by atoms with E-state index in [1.165, 1.54) is 0 Å². The largest absolute Gasteiger partial charge is 0.300 e. The molecule has 0 radical (unpaired) electrons.